The Hall–Kier alpha value is -1.37. The monoisotopic (exact) mass is 147 g/mol. The average Bonchev–Trinajstić information content (AvgIpc) is 1.99. The lowest BCUT2D eigenvalue weighted by molar-refractivity contribution is 1.47. The molecule has 0 rings (SSSR count). The molecular formula is C10H13N. The molecule has 0 unspecified atom stereocenters. The number of hydrogen-bond donors (Lipinski definition) is 0. The second-order valence-electron chi connectivity index (χ2n) is 1.94. The lowest BCUT2D eigenvalue weighted by Crippen LogP contribution is -1.73. The van der Waals surface area contributed by atoms with Gasteiger partial charge in [-0.1, -0.05) is 43.5 Å². The summed E-state index contributed by atoms with van der Waals surface area (Å²) in [5.74, 6) is 0. The number of allylic oxidation sites excluding steroid dienone is 6. The van der Waals surface area contributed by atoms with Crippen molar-refractivity contribution >= 4 is 6.21 Å². The standard InChI is InChI=1S/C10H13N/c1-4-5-6-7-8-10(2)9-11-3/h4-9H,1-2H2,3H3/b6-5-,8-7-,11-9?. The van der Waals surface area contributed by atoms with Gasteiger partial charge in [0.15, 0.2) is 0 Å². The molecule has 1 nitrogen and oxygen atoms in total. The quantitative estimate of drug-likeness (QED) is 0.428. The maximum Gasteiger partial charge on any atom is 0.0277 e. The Morgan fingerprint density at radius 2 is 2.00 bits per heavy atom. The predicted molar refractivity (Wildman–Crippen MR) is 52.0 cm³/mol. The van der Waals surface area contributed by atoms with Crippen molar-refractivity contribution in [1.82, 2.24) is 0 Å². The highest BCUT2D eigenvalue weighted by Gasteiger charge is 1.75. The summed E-state index contributed by atoms with van der Waals surface area (Å²) in [5, 5.41) is 0. The second kappa shape index (κ2) is 6.75. The first-order valence-corrected chi connectivity index (χ1v) is 3.38. The molecule has 0 aromatic carbocycles. The van der Waals surface area contributed by atoms with Crippen LogP contribution >= 0.6 is 0 Å². The molecule has 0 aliphatic heterocycles. The Labute approximate surface area is 68.2 Å². The SMILES string of the molecule is C=C/C=C\C=C/C(=C)C=NC. The van der Waals surface area contributed by atoms with E-state index in [4.69, 9.17) is 0 Å². The molecule has 0 N–H and O–H groups in total. The summed E-state index contributed by atoms with van der Waals surface area (Å²) in [7, 11) is 1.72. The molecule has 0 bridgehead atoms. The van der Waals surface area contributed by atoms with Crippen molar-refractivity contribution in [2.75, 3.05) is 7.05 Å². The van der Waals surface area contributed by atoms with Gasteiger partial charge >= 0.3 is 0 Å². The summed E-state index contributed by atoms with van der Waals surface area (Å²) in [4.78, 5) is 3.81. The third-order valence-electron chi connectivity index (χ3n) is 0.964. The van der Waals surface area contributed by atoms with Crippen LogP contribution in [0.1, 0.15) is 0 Å². The zero-order valence-electron chi connectivity index (χ0n) is 6.83. The highest BCUT2D eigenvalue weighted by atomic mass is 14.6. The fourth-order valence-corrected chi connectivity index (χ4v) is 0.531. The lowest BCUT2D eigenvalue weighted by atomic mass is 10.3. The molecule has 58 valence electrons. The van der Waals surface area contributed by atoms with Gasteiger partial charge in [0, 0.05) is 13.3 Å². The summed E-state index contributed by atoms with van der Waals surface area (Å²) in [5.41, 5.74) is 0.890. The zero-order valence-corrected chi connectivity index (χ0v) is 6.83. The molecule has 1 heteroatoms. The Morgan fingerprint density at radius 1 is 1.27 bits per heavy atom. The number of rotatable bonds is 4. The summed E-state index contributed by atoms with van der Waals surface area (Å²) in [6, 6.07) is 0. The van der Waals surface area contributed by atoms with E-state index < -0.39 is 0 Å². The molecule has 0 amide bonds. The highest BCUT2D eigenvalue weighted by molar-refractivity contribution is 5.81. The Morgan fingerprint density at radius 3 is 2.55 bits per heavy atom. The van der Waals surface area contributed by atoms with Crippen molar-refractivity contribution in [2.24, 2.45) is 4.99 Å². The van der Waals surface area contributed by atoms with E-state index in [-0.39, 0.29) is 0 Å². The first-order chi connectivity index (χ1) is 5.31. The van der Waals surface area contributed by atoms with Crippen LogP contribution in [0.2, 0.25) is 0 Å². The first kappa shape index (κ1) is 9.63. The first-order valence-electron chi connectivity index (χ1n) is 3.38. The van der Waals surface area contributed by atoms with Crippen molar-refractivity contribution in [3.8, 4) is 0 Å². The van der Waals surface area contributed by atoms with Gasteiger partial charge < -0.3 is 0 Å². The van der Waals surface area contributed by atoms with Crippen LogP contribution in [-0.2, 0) is 0 Å². The number of hydrogen-bond acceptors (Lipinski definition) is 1. The van der Waals surface area contributed by atoms with Crippen LogP contribution in [0.3, 0.4) is 0 Å². The van der Waals surface area contributed by atoms with Crippen molar-refractivity contribution in [1.29, 1.82) is 0 Å². The fraction of sp³-hybridized carbons (Fsp3) is 0.100. The van der Waals surface area contributed by atoms with Gasteiger partial charge in [-0.3, -0.25) is 4.99 Å². The van der Waals surface area contributed by atoms with Crippen LogP contribution in [0.25, 0.3) is 0 Å². The van der Waals surface area contributed by atoms with E-state index in [0.717, 1.165) is 5.57 Å². The van der Waals surface area contributed by atoms with Crippen LogP contribution in [0.5, 0.6) is 0 Å². The van der Waals surface area contributed by atoms with E-state index >= 15 is 0 Å². The van der Waals surface area contributed by atoms with Crippen molar-refractivity contribution in [3.05, 3.63) is 49.1 Å². The van der Waals surface area contributed by atoms with E-state index in [1.807, 2.05) is 24.3 Å². The summed E-state index contributed by atoms with van der Waals surface area (Å²) in [6.07, 6.45) is 11.0. The van der Waals surface area contributed by atoms with E-state index in [0.29, 0.717) is 0 Å². The lowest BCUT2D eigenvalue weighted by Gasteiger charge is -1.83. The van der Waals surface area contributed by atoms with Gasteiger partial charge in [-0.05, 0) is 5.57 Å². The molecule has 0 fully saturated rings. The van der Waals surface area contributed by atoms with Crippen molar-refractivity contribution in [3.63, 3.8) is 0 Å². The van der Waals surface area contributed by atoms with Gasteiger partial charge in [0.1, 0.15) is 0 Å². The molecule has 0 aliphatic rings. The molecule has 0 heterocycles. The van der Waals surface area contributed by atoms with Crippen LogP contribution < -0.4 is 0 Å². The van der Waals surface area contributed by atoms with Crippen molar-refractivity contribution < 1.29 is 0 Å². The maximum absolute atomic E-state index is 3.81. The molecule has 11 heavy (non-hydrogen) atoms. The highest BCUT2D eigenvalue weighted by Crippen LogP contribution is 1.88. The van der Waals surface area contributed by atoms with Crippen LogP contribution in [0.4, 0.5) is 0 Å². The van der Waals surface area contributed by atoms with E-state index in [2.05, 4.69) is 18.2 Å². The molecule has 0 radical (unpaired) electrons. The second-order valence-corrected chi connectivity index (χ2v) is 1.94. The molecule has 0 spiro atoms. The molecular weight excluding hydrogens is 134 g/mol. The summed E-state index contributed by atoms with van der Waals surface area (Å²) >= 11 is 0. The molecule has 0 aliphatic carbocycles. The summed E-state index contributed by atoms with van der Waals surface area (Å²) < 4.78 is 0. The van der Waals surface area contributed by atoms with Gasteiger partial charge in [-0.25, -0.2) is 0 Å². The topological polar surface area (TPSA) is 12.4 Å². The Kier molecular flexibility index (Phi) is 5.91. The van der Waals surface area contributed by atoms with Crippen LogP contribution in [-0.4, -0.2) is 13.3 Å². The molecule has 0 atom stereocenters. The largest absolute Gasteiger partial charge is 0.296 e. The zero-order chi connectivity index (χ0) is 8.53. The van der Waals surface area contributed by atoms with Gasteiger partial charge in [0.05, 0.1) is 0 Å². The summed E-state index contributed by atoms with van der Waals surface area (Å²) in [6.45, 7) is 7.29. The van der Waals surface area contributed by atoms with Gasteiger partial charge in [-0.2, -0.15) is 0 Å². The Balaban J connectivity index is 3.83. The van der Waals surface area contributed by atoms with Gasteiger partial charge in [0.2, 0.25) is 0 Å². The predicted octanol–water partition coefficient (Wildman–Crippen LogP) is 2.54. The minimum absolute atomic E-state index is 0.890. The smallest absolute Gasteiger partial charge is 0.0277 e. The van der Waals surface area contributed by atoms with Gasteiger partial charge in [-0.15, -0.1) is 0 Å². The molecule has 0 saturated heterocycles. The third-order valence-corrected chi connectivity index (χ3v) is 0.964. The van der Waals surface area contributed by atoms with Crippen LogP contribution in [0, 0.1) is 0 Å². The third kappa shape index (κ3) is 6.52. The van der Waals surface area contributed by atoms with Crippen LogP contribution in [0.15, 0.2) is 54.1 Å². The normalized spacial score (nSPS) is 11.7. The van der Waals surface area contributed by atoms with Crippen molar-refractivity contribution in [2.45, 2.75) is 0 Å². The maximum atomic E-state index is 3.81. The minimum Gasteiger partial charge on any atom is -0.296 e. The Bertz CT molecular complexity index is 207. The minimum atomic E-state index is 0.890. The van der Waals surface area contributed by atoms with E-state index in [1.54, 1.807) is 19.3 Å². The van der Waals surface area contributed by atoms with Gasteiger partial charge in [0.25, 0.3) is 0 Å². The van der Waals surface area contributed by atoms with E-state index in [9.17, 15) is 0 Å². The number of nitrogens with zero attached hydrogens (tertiary/aromatic N) is 1. The molecule has 0 aromatic heterocycles. The average molecular weight is 147 g/mol. The number of aliphatic imine (C=N–C) groups is 1. The fourth-order valence-electron chi connectivity index (χ4n) is 0.531. The molecule has 0 aromatic rings. The van der Waals surface area contributed by atoms with E-state index in [1.165, 1.54) is 0 Å². The molecule has 0 saturated carbocycles.